The molecule has 4 rings (SSSR count). The van der Waals surface area contributed by atoms with Gasteiger partial charge in [0.05, 0.1) is 5.69 Å². The Balaban J connectivity index is 2.03. The minimum atomic E-state index is 0.690. The summed E-state index contributed by atoms with van der Waals surface area (Å²) in [6.07, 6.45) is 2.84. The zero-order valence-electron chi connectivity index (χ0n) is 12.6. The molecule has 0 saturated carbocycles. The number of hydrogen-bond donors (Lipinski definition) is 1. The number of benzene rings is 2. The van der Waals surface area contributed by atoms with Gasteiger partial charge in [0.15, 0.2) is 0 Å². The first-order valence-electron chi connectivity index (χ1n) is 7.41. The fourth-order valence-corrected chi connectivity index (χ4v) is 3.29. The number of nitrogens with two attached hydrogens (primary N) is 1. The van der Waals surface area contributed by atoms with Gasteiger partial charge in [0.1, 0.15) is 11.6 Å². The minimum absolute atomic E-state index is 0.690. The highest BCUT2D eigenvalue weighted by Crippen LogP contribution is 2.36. The quantitative estimate of drug-likeness (QED) is 0.693. The molecular formula is C18H15ClN4. The molecule has 0 fully saturated rings. The lowest BCUT2D eigenvalue weighted by molar-refractivity contribution is 0.909. The van der Waals surface area contributed by atoms with Crippen LogP contribution in [0.2, 0.25) is 5.02 Å². The third-order valence-corrected chi connectivity index (χ3v) is 4.43. The van der Waals surface area contributed by atoms with E-state index in [1.165, 1.54) is 0 Å². The standard InChI is InChI=1S/C18H15ClN4/c1-11-21-22-18-9-7-13(14-4-2-3-5-16(14)19)15-10-12(20)6-8-17(15)23(11)18/h2-8,10H,9,20H2,1H3. The van der Waals surface area contributed by atoms with Crippen molar-refractivity contribution in [3.8, 4) is 5.69 Å². The number of nitrogens with zero attached hydrogens (tertiary/aromatic N) is 3. The fourth-order valence-electron chi connectivity index (χ4n) is 3.05. The van der Waals surface area contributed by atoms with E-state index in [0.29, 0.717) is 6.42 Å². The summed E-state index contributed by atoms with van der Waals surface area (Å²) in [5.41, 5.74) is 10.9. The molecule has 114 valence electrons. The van der Waals surface area contributed by atoms with Crippen LogP contribution in [-0.4, -0.2) is 14.8 Å². The number of nitrogen functional groups attached to an aromatic ring is 1. The highest BCUT2D eigenvalue weighted by molar-refractivity contribution is 6.32. The van der Waals surface area contributed by atoms with Crippen LogP contribution in [0.25, 0.3) is 11.3 Å². The van der Waals surface area contributed by atoms with Crippen molar-refractivity contribution in [1.29, 1.82) is 0 Å². The van der Waals surface area contributed by atoms with Gasteiger partial charge < -0.3 is 5.73 Å². The maximum absolute atomic E-state index is 6.43. The van der Waals surface area contributed by atoms with E-state index in [4.69, 9.17) is 17.3 Å². The van der Waals surface area contributed by atoms with E-state index in [0.717, 1.165) is 44.7 Å². The molecule has 0 radical (unpaired) electrons. The molecular weight excluding hydrogens is 308 g/mol. The first kappa shape index (κ1) is 14.0. The molecule has 0 saturated heterocycles. The molecule has 0 spiro atoms. The van der Waals surface area contributed by atoms with Gasteiger partial charge >= 0.3 is 0 Å². The number of allylic oxidation sites excluding steroid dienone is 1. The number of aromatic nitrogens is 3. The van der Waals surface area contributed by atoms with E-state index >= 15 is 0 Å². The molecule has 2 N–H and O–H groups in total. The van der Waals surface area contributed by atoms with Crippen molar-refractivity contribution in [2.75, 3.05) is 5.73 Å². The van der Waals surface area contributed by atoms with Crippen molar-refractivity contribution in [3.63, 3.8) is 0 Å². The van der Waals surface area contributed by atoms with Crippen LogP contribution < -0.4 is 5.73 Å². The second kappa shape index (κ2) is 5.25. The molecule has 1 aliphatic heterocycles. The maximum Gasteiger partial charge on any atom is 0.141 e. The fraction of sp³-hybridized carbons (Fsp3) is 0.111. The average Bonchev–Trinajstić information content (AvgIpc) is 2.82. The van der Waals surface area contributed by atoms with Crippen LogP contribution in [0.4, 0.5) is 5.69 Å². The molecule has 2 heterocycles. The Hall–Kier alpha value is -2.59. The Morgan fingerprint density at radius 3 is 2.74 bits per heavy atom. The third kappa shape index (κ3) is 2.23. The number of rotatable bonds is 1. The van der Waals surface area contributed by atoms with E-state index in [2.05, 4.69) is 20.8 Å². The largest absolute Gasteiger partial charge is 0.399 e. The number of aryl methyl sites for hydroxylation is 1. The van der Waals surface area contributed by atoms with Crippen molar-refractivity contribution >= 4 is 22.9 Å². The Morgan fingerprint density at radius 1 is 1.09 bits per heavy atom. The molecule has 0 atom stereocenters. The van der Waals surface area contributed by atoms with E-state index in [1.54, 1.807) is 0 Å². The van der Waals surface area contributed by atoms with E-state index in [9.17, 15) is 0 Å². The number of anilines is 1. The minimum Gasteiger partial charge on any atom is -0.399 e. The van der Waals surface area contributed by atoms with Crippen molar-refractivity contribution in [3.05, 3.63) is 76.3 Å². The molecule has 3 aromatic rings. The first-order valence-corrected chi connectivity index (χ1v) is 7.79. The van der Waals surface area contributed by atoms with Crippen molar-refractivity contribution < 1.29 is 0 Å². The van der Waals surface area contributed by atoms with Gasteiger partial charge in [0.2, 0.25) is 0 Å². The monoisotopic (exact) mass is 322 g/mol. The summed E-state index contributed by atoms with van der Waals surface area (Å²) in [4.78, 5) is 0. The number of halogens is 1. The predicted molar refractivity (Wildman–Crippen MR) is 92.7 cm³/mol. The molecule has 0 aliphatic carbocycles. The smallest absolute Gasteiger partial charge is 0.141 e. The topological polar surface area (TPSA) is 56.7 Å². The van der Waals surface area contributed by atoms with Gasteiger partial charge in [-0.3, -0.25) is 4.57 Å². The van der Waals surface area contributed by atoms with Crippen LogP contribution in [0.3, 0.4) is 0 Å². The summed E-state index contributed by atoms with van der Waals surface area (Å²) < 4.78 is 2.08. The summed E-state index contributed by atoms with van der Waals surface area (Å²) >= 11 is 6.43. The van der Waals surface area contributed by atoms with Crippen LogP contribution in [0.5, 0.6) is 0 Å². The summed E-state index contributed by atoms with van der Waals surface area (Å²) in [7, 11) is 0. The predicted octanol–water partition coefficient (Wildman–Crippen LogP) is 3.80. The highest BCUT2D eigenvalue weighted by atomic mass is 35.5. The van der Waals surface area contributed by atoms with Gasteiger partial charge in [-0.2, -0.15) is 0 Å². The lowest BCUT2D eigenvalue weighted by Crippen LogP contribution is -2.04. The Bertz CT molecular complexity index is 940. The zero-order chi connectivity index (χ0) is 16.0. The van der Waals surface area contributed by atoms with Crippen molar-refractivity contribution in [2.24, 2.45) is 0 Å². The first-order chi connectivity index (χ1) is 11.1. The SMILES string of the molecule is Cc1nnc2n1-c1ccc(N)cc1C(c1ccccc1Cl)=CC2. The van der Waals surface area contributed by atoms with Crippen LogP contribution >= 0.6 is 11.6 Å². The molecule has 0 bridgehead atoms. The summed E-state index contributed by atoms with van der Waals surface area (Å²) in [6, 6.07) is 13.8. The van der Waals surface area contributed by atoms with Crippen LogP contribution in [-0.2, 0) is 6.42 Å². The Morgan fingerprint density at radius 2 is 1.91 bits per heavy atom. The van der Waals surface area contributed by atoms with Crippen molar-refractivity contribution in [2.45, 2.75) is 13.3 Å². The van der Waals surface area contributed by atoms with E-state index in [1.807, 2.05) is 49.4 Å². The van der Waals surface area contributed by atoms with Crippen LogP contribution in [0.1, 0.15) is 22.8 Å². The number of fused-ring (bicyclic) bond motifs is 3. The van der Waals surface area contributed by atoms with Gasteiger partial charge in [-0.1, -0.05) is 35.9 Å². The molecule has 23 heavy (non-hydrogen) atoms. The molecule has 0 unspecified atom stereocenters. The third-order valence-electron chi connectivity index (χ3n) is 4.10. The van der Waals surface area contributed by atoms with Gasteiger partial charge in [0.25, 0.3) is 0 Å². The average molecular weight is 323 g/mol. The molecule has 0 amide bonds. The van der Waals surface area contributed by atoms with Gasteiger partial charge in [-0.15, -0.1) is 10.2 Å². The molecule has 4 nitrogen and oxygen atoms in total. The highest BCUT2D eigenvalue weighted by Gasteiger charge is 2.21. The van der Waals surface area contributed by atoms with E-state index < -0.39 is 0 Å². The molecule has 2 aromatic carbocycles. The van der Waals surface area contributed by atoms with E-state index in [-0.39, 0.29) is 0 Å². The summed E-state index contributed by atoms with van der Waals surface area (Å²) in [5, 5.41) is 9.22. The summed E-state index contributed by atoms with van der Waals surface area (Å²) in [5.74, 6) is 1.77. The second-order valence-corrected chi connectivity index (χ2v) is 5.98. The van der Waals surface area contributed by atoms with Crippen molar-refractivity contribution in [1.82, 2.24) is 14.8 Å². The van der Waals surface area contributed by atoms with Gasteiger partial charge in [0, 0.05) is 28.3 Å². The molecule has 5 heteroatoms. The lowest BCUT2D eigenvalue weighted by Gasteiger charge is -2.15. The lowest BCUT2D eigenvalue weighted by atomic mass is 9.95. The normalized spacial score (nSPS) is 13.0. The van der Waals surface area contributed by atoms with Gasteiger partial charge in [-0.05, 0) is 36.8 Å². The number of hydrogen-bond acceptors (Lipinski definition) is 3. The molecule has 1 aromatic heterocycles. The Kier molecular flexibility index (Phi) is 3.20. The summed E-state index contributed by atoms with van der Waals surface area (Å²) in [6.45, 7) is 1.96. The van der Waals surface area contributed by atoms with Crippen LogP contribution in [0.15, 0.2) is 48.5 Å². The molecule has 1 aliphatic rings. The van der Waals surface area contributed by atoms with Crippen LogP contribution in [0, 0.1) is 6.92 Å². The zero-order valence-corrected chi connectivity index (χ0v) is 13.4. The Labute approximate surface area is 139 Å². The van der Waals surface area contributed by atoms with Gasteiger partial charge in [-0.25, -0.2) is 0 Å². The maximum atomic E-state index is 6.43. The second-order valence-electron chi connectivity index (χ2n) is 5.58.